The van der Waals surface area contributed by atoms with Gasteiger partial charge in [0, 0.05) is 5.56 Å². The quantitative estimate of drug-likeness (QED) is 0.765. The van der Waals surface area contributed by atoms with E-state index >= 15 is 0 Å². The maximum absolute atomic E-state index is 11.7. The van der Waals surface area contributed by atoms with Crippen molar-refractivity contribution < 1.29 is 19.8 Å². The summed E-state index contributed by atoms with van der Waals surface area (Å²) in [5.74, 6) is -2.22. The van der Waals surface area contributed by atoms with Crippen LogP contribution in [-0.2, 0) is 0 Å². The van der Waals surface area contributed by atoms with E-state index in [4.69, 9.17) is 0 Å². The first-order chi connectivity index (χ1) is 7.43. The highest BCUT2D eigenvalue weighted by Gasteiger charge is 2.33. The summed E-state index contributed by atoms with van der Waals surface area (Å²) in [7, 11) is 0. The van der Waals surface area contributed by atoms with Crippen LogP contribution in [-0.4, -0.2) is 21.8 Å². The Hall–Kier alpha value is -1.62. The van der Waals surface area contributed by atoms with Crippen molar-refractivity contribution in [3.05, 3.63) is 39.1 Å². The fourth-order valence-corrected chi connectivity index (χ4v) is 2.02. The first-order valence-electron chi connectivity index (χ1n) is 4.45. The monoisotopic (exact) mass is 282 g/mol. The molecule has 0 aliphatic heterocycles. The second kappa shape index (κ2) is 3.45. The van der Waals surface area contributed by atoms with E-state index < -0.39 is 17.3 Å². The fraction of sp³-hybridized carbons (Fsp3) is 0.0909. The zero-order chi connectivity index (χ0) is 12.0. The number of carbonyl (C=O) groups is 2. The van der Waals surface area contributed by atoms with Crippen molar-refractivity contribution in [3.8, 4) is 5.75 Å². The molecule has 0 aromatic heterocycles. The summed E-state index contributed by atoms with van der Waals surface area (Å²) in [4.78, 5) is 23.4. The molecule has 1 aliphatic rings. The molecule has 5 heteroatoms. The number of benzene rings is 1. The van der Waals surface area contributed by atoms with Gasteiger partial charge >= 0.3 is 0 Å². The van der Waals surface area contributed by atoms with E-state index in [-0.39, 0.29) is 21.4 Å². The van der Waals surface area contributed by atoms with E-state index in [1.54, 1.807) is 6.92 Å². The molecule has 0 bridgehead atoms. The van der Waals surface area contributed by atoms with Gasteiger partial charge in [-0.25, -0.2) is 0 Å². The molecule has 2 rings (SSSR count). The molecular weight excluding hydrogens is 276 g/mol. The van der Waals surface area contributed by atoms with Crippen LogP contribution in [0.15, 0.2) is 22.4 Å². The number of allylic oxidation sites excluding steroid dienone is 2. The number of phenolic OH excluding ortho intramolecular Hbond substituents is 1. The molecule has 4 nitrogen and oxygen atoms in total. The van der Waals surface area contributed by atoms with Gasteiger partial charge in [-0.3, -0.25) is 9.59 Å². The third kappa shape index (κ3) is 1.36. The highest BCUT2D eigenvalue weighted by atomic mass is 79.9. The normalized spacial score (nSPS) is 15.4. The van der Waals surface area contributed by atoms with Crippen molar-refractivity contribution in [1.82, 2.24) is 0 Å². The van der Waals surface area contributed by atoms with E-state index in [1.165, 1.54) is 12.1 Å². The number of ketones is 2. The Bertz CT molecular complexity index is 557. The summed E-state index contributed by atoms with van der Waals surface area (Å²) in [5.41, 5.74) is 0.627. The lowest BCUT2D eigenvalue weighted by Crippen LogP contribution is -2.20. The van der Waals surface area contributed by atoms with Gasteiger partial charge in [0.2, 0.25) is 11.6 Å². The Kier molecular flexibility index (Phi) is 2.35. The molecule has 1 aromatic carbocycles. The molecule has 1 aromatic rings. The number of carbonyl (C=O) groups excluding carboxylic acids is 2. The lowest BCUT2D eigenvalue weighted by atomic mass is 9.91. The molecule has 0 spiro atoms. The van der Waals surface area contributed by atoms with Gasteiger partial charge in [-0.15, -0.1) is 0 Å². The number of fused-ring (bicyclic) bond motifs is 1. The minimum absolute atomic E-state index is 0.104. The molecule has 0 radical (unpaired) electrons. The van der Waals surface area contributed by atoms with Gasteiger partial charge in [-0.2, -0.15) is 0 Å². The van der Waals surface area contributed by atoms with E-state index in [9.17, 15) is 19.8 Å². The first kappa shape index (κ1) is 10.9. The minimum Gasteiger partial charge on any atom is -0.507 e. The Morgan fingerprint density at radius 1 is 1.12 bits per heavy atom. The van der Waals surface area contributed by atoms with Crippen LogP contribution in [0.3, 0.4) is 0 Å². The summed E-state index contributed by atoms with van der Waals surface area (Å²) in [6.07, 6.45) is 0. The van der Waals surface area contributed by atoms with Crippen LogP contribution in [0.25, 0.3) is 0 Å². The van der Waals surface area contributed by atoms with Crippen molar-refractivity contribution in [3.63, 3.8) is 0 Å². The van der Waals surface area contributed by atoms with Crippen LogP contribution < -0.4 is 0 Å². The number of hydrogen-bond acceptors (Lipinski definition) is 4. The number of halogens is 1. The predicted octanol–water partition coefficient (Wildman–Crippen LogP) is 2.24. The third-order valence-corrected chi connectivity index (χ3v) is 3.09. The number of aromatic hydroxyl groups is 1. The number of phenols is 1. The topological polar surface area (TPSA) is 74.6 Å². The molecule has 0 amide bonds. The van der Waals surface area contributed by atoms with Gasteiger partial charge < -0.3 is 10.2 Å². The molecule has 16 heavy (non-hydrogen) atoms. The Balaban J connectivity index is 2.81. The molecule has 82 valence electrons. The minimum atomic E-state index is -0.751. The van der Waals surface area contributed by atoms with Crippen molar-refractivity contribution >= 4 is 27.5 Å². The van der Waals surface area contributed by atoms with Crippen LogP contribution in [0.5, 0.6) is 5.75 Å². The summed E-state index contributed by atoms with van der Waals surface area (Å²) in [6, 6.07) is 2.87. The van der Waals surface area contributed by atoms with Crippen molar-refractivity contribution in [2.24, 2.45) is 0 Å². The summed E-state index contributed by atoms with van der Waals surface area (Å²) in [5, 5.41) is 19.0. The predicted molar refractivity (Wildman–Crippen MR) is 60.1 cm³/mol. The molecule has 0 unspecified atom stereocenters. The Morgan fingerprint density at radius 2 is 1.75 bits per heavy atom. The van der Waals surface area contributed by atoms with Gasteiger partial charge in [0.15, 0.2) is 5.76 Å². The van der Waals surface area contributed by atoms with Gasteiger partial charge in [0.05, 0.1) is 5.56 Å². The molecule has 2 N–H and O–H groups in total. The number of hydrogen-bond donors (Lipinski definition) is 2. The first-order valence-corrected chi connectivity index (χ1v) is 5.24. The average Bonchev–Trinajstić information content (AvgIpc) is 2.22. The van der Waals surface area contributed by atoms with Crippen molar-refractivity contribution in [1.29, 1.82) is 0 Å². The highest BCUT2D eigenvalue weighted by Crippen LogP contribution is 2.34. The Labute approximate surface area is 99.3 Å². The maximum Gasteiger partial charge on any atom is 0.233 e. The maximum atomic E-state index is 11.7. The molecule has 0 heterocycles. The van der Waals surface area contributed by atoms with Crippen LogP contribution in [0.2, 0.25) is 0 Å². The summed E-state index contributed by atoms with van der Waals surface area (Å²) >= 11 is 2.86. The number of rotatable bonds is 0. The van der Waals surface area contributed by atoms with Crippen LogP contribution in [0.1, 0.15) is 26.3 Å². The van der Waals surface area contributed by atoms with E-state index in [2.05, 4.69) is 15.9 Å². The van der Waals surface area contributed by atoms with Crippen LogP contribution in [0.4, 0.5) is 0 Å². The number of Topliss-reactive ketones (excluding diaryl/α,β-unsaturated/α-hetero) is 2. The Morgan fingerprint density at radius 3 is 2.38 bits per heavy atom. The van der Waals surface area contributed by atoms with Gasteiger partial charge in [0.1, 0.15) is 10.2 Å². The lowest BCUT2D eigenvalue weighted by molar-refractivity contribution is 0.0934. The van der Waals surface area contributed by atoms with Crippen LogP contribution >= 0.6 is 15.9 Å². The molecule has 0 atom stereocenters. The standard InChI is InChI=1S/C11H7BrO4/c1-4-2-5-7(6(13)3-4)10(15)11(16)8(12)9(5)14/h2-3,13,16H,1H3. The number of aliphatic hydroxyl groups is 1. The van der Waals surface area contributed by atoms with E-state index in [1.807, 2.05) is 0 Å². The second-order valence-electron chi connectivity index (χ2n) is 3.53. The molecule has 0 saturated carbocycles. The van der Waals surface area contributed by atoms with Gasteiger partial charge in [-0.05, 0) is 40.5 Å². The summed E-state index contributed by atoms with van der Waals surface area (Å²) < 4.78 is -0.171. The van der Waals surface area contributed by atoms with Gasteiger partial charge in [0.25, 0.3) is 0 Å². The third-order valence-electron chi connectivity index (χ3n) is 2.36. The van der Waals surface area contributed by atoms with E-state index in [0.29, 0.717) is 5.56 Å². The van der Waals surface area contributed by atoms with Crippen LogP contribution in [0, 0.1) is 6.92 Å². The largest absolute Gasteiger partial charge is 0.507 e. The van der Waals surface area contributed by atoms with Gasteiger partial charge in [-0.1, -0.05) is 0 Å². The molecule has 0 saturated heterocycles. The van der Waals surface area contributed by atoms with Crippen molar-refractivity contribution in [2.75, 3.05) is 0 Å². The number of aryl methyl sites for hydroxylation is 1. The zero-order valence-corrected chi connectivity index (χ0v) is 9.83. The summed E-state index contributed by atoms with van der Waals surface area (Å²) in [6.45, 7) is 1.70. The molecule has 1 aliphatic carbocycles. The highest BCUT2D eigenvalue weighted by molar-refractivity contribution is 9.12. The van der Waals surface area contributed by atoms with E-state index in [0.717, 1.165) is 0 Å². The smallest absolute Gasteiger partial charge is 0.233 e. The average molecular weight is 283 g/mol. The fourth-order valence-electron chi connectivity index (χ4n) is 1.63. The molecular formula is C11H7BrO4. The molecule has 0 fully saturated rings. The second-order valence-corrected chi connectivity index (χ2v) is 4.32. The zero-order valence-electron chi connectivity index (χ0n) is 8.24. The lowest BCUT2D eigenvalue weighted by Gasteiger charge is -2.15. The van der Waals surface area contributed by atoms with Crippen molar-refractivity contribution in [2.45, 2.75) is 6.92 Å². The number of aliphatic hydroxyl groups excluding tert-OH is 1. The SMILES string of the molecule is Cc1cc(O)c2c(c1)C(=O)C(Br)=C(O)C2=O.